The molecule has 816 valence electrons. The van der Waals surface area contributed by atoms with Gasteiger partial charge >= 0.3 is 65.7 Å². The summed E-state index contributed by atoms with van der Waals surface area (Å²) in [5, 5.41) is 120. The lowest BCUT2D eigenvalue weighted by Gasteiger charge is -2.33. The summed E-state index contributed by atoms with van der Waals surface area (Å²) >= 11 is 0. The zero-order valence-electron chi connectivity index (χ0n) is 82.7. The summed E-state index contributed by atoms with van der Waals surface area (Å²) in [6, 6.07) is 2.09. The van der Waals surface area contributed by atoms with Gasteiger partial charge in [-0.3, -0.25) is 111 Å². The molecular weight excluding hydrogens is 1970 g/mol. The van der Waals surface area contributed by atoms with Crippen molar-refractivity contribution >= 4 is 141 Å². The second kappa shape index (κ2) is 62.0. The van der Waals surface area contributed by atoms with Crippen LogP contribution in [0.5, 0.6) is 0 Å². The van der Waals surface area contributed by atoms with Crippen molar-refractivity contribution in [2.75, 3.05) is 91.6 Å². The molecule has 0 radical (unpaired) electrons. The maximum Gasteiger partial charge on any atom is 0.326 e. The van der Waals surface area contributed by atoms with Gasteiger partial charge in [-0.15, -0.1) is 0 Å². The molecule has 8 amide bonds. The number of aliphatic carboxylic acids is 10. The maximum atomic E-state index is 15.1. The van der Waals surface area contributed by atoms with E-state index in [2.05, 4.69) is 82.4 Å². The van der Waals surface area contributed by atoms with Crippen LogP contribution in [0, 0.1) is 41.4 Å². The van der Waals surface area contributed by atoms with Gasteiger partial charge in [-0.05, 0) is 106 Å². The van der Waals surface area contributed by atoms with Crippen LogP contribution in [-0.4, -0.2) is 368 Å². The number of H-pyrrole nitrogens is 4. The third-order valence-electron chi connectivity index (χ3n) is 26.2. The third kappa shape index (κ3) is 43.9. The Morgan fingerprint density at radius 1 is 0.327 bits per heavy atom. The SMILES string of the molecule is O=C(O)CCC(NC(=O)NC(CCCCNC(=O)C(CC(=O)C1CCC(CNC(=O)C(CC(=O)C(CCC(=O)O)NC(=O)C(CC(=O)C(CCC(=O)O)NC(=O)C(CC(=O)C(CCC(=O)O)NC(=O)C(CC(=O)C(CCC(=O)O)NC(=O)CN2CCN(CC(=O)O)CCN(CC(=O)O)CCN(CC(=O)O)CC2)Cc2c[nH]cn2)Cc2c[nH]cn2)Cc2c[nH]cn2)Cc2c[nH]cn2)CC1)Cc1ccc2ccccc2c1)C(=O)O)C(=O)O. The van der Waals surface area contributed by atoms with Crippen LogP contribution in [0.2, 0.25) is 0 Å². The number of carboxylic acid groups (broad SMARTS) is 10. The molecule has 22 N–H and O–H groups in total. The molecule has 6 aromatic rings. The summed E-state index contributed by atoms with van der Waals surface area (Å²) in [7, 11) is 0. The number of aromatic nitrogens is 8. The Hall–Kier alpha value is -15.5. The summed E-state index contributed by atoms with van der Waals surface area (Å²) in [4.78, 5) is 328. The molecule has 52 nitrogen and oxygen atoms in total. The minimum atomic E-state index is -1.80. The number of amides is 8. The van der Waals surface area contributed by atoms with E-state index in [-0.39, 0.29) is 146 Å². The number of hydrogen-bond acceptors (Lipinski definition) is 30. The molecule has 11 atom stereocenters. The van der Waals surface area contributed by atoms with E-state index in [0.717, 1.165) is 16.3 Å². The number of carbonyl (C=O) groups excluding carboxylic acids is 12. The van der Waals surface area contributed by atoms with Crippen molar-refractivity contribution < 1.29 is 157 Å². The molecule has 1 aliphatic heterocycles. The van der Waals surface area contributed by atoms with E-state index in [1.165, 1.54) is 64.8 Å². The second-order valence-electron chi connectivity index (χ2n) is 37.7. The second-order valence-corrected chi connectivity index (χ2v) is 37.7. The van der Waals surface area contributed by atoms with Gasteiger partial charge in [-0.2, -0.15) is 0 Å². The molecule has 2 aliphatic rings. The number of unbranched alkanes of at least 4 members (excludes halogenated alkanes) is 1. The molecular formula is C98H132N20O32. The lowest BCUT2D eigenvalue weighted by atomic mass is 9.77. The van der Waals surface area contributed by atoms with Crippen molar-refractivity contribution in [2.45, 2.75) is 210 Å². The minimum absolute atomic E-state index is 0.00873. The monoisotopic (exact) mass is 2100 g/mol. The molecule has 8 rings (SSSR count). The Morgan fingerprint density at radius 3 is 1.00 bits per heavy atom. The molecule has 1 saturated heterocycles. The number of hydrogen-bond donors (Lipinski definition) is 22. The first-order valence-corrected chi connectivity index (χ1v) is 49.4. The number of carboxylic acids is 10. The number of benzene rings is 2. The Balaban J connectivity index is 0.935. The van der Waals surface area contributed by atoms with E-state index in [1.54, 1.807) is 4.90 Å². The number of nitrogens with one attached hydrogen (secondary N) is 12. The summed E-state index contributed by atoms with van der Waals surface area (Å²) < 4.78 is 0. The topological polar surface area (TPSA) is 802 Å². The highest BCUT2D eigenvalue weighted by Gasteiger charge is 2.40. The van der Waals surface area contributed by atoms with Crippen LogP contribution in [0.1, 0.15) is 170 Å². The lowest BCUT2D eigenvalue weighted by molar-refractivity contribution is -0.141. The van der Waals surface area contributed by atoms with Crippen LogP contribution in [0.15, 0.2) is 92.6 Å². The van der Waals surface area contributed by atoms with Crippen LogP contribution in [0.4, 0.5) is 4.79 Å². The van der Waals surface area contributed by atoms with Crippen LogP contribution in [-0.2, 0) is 133 Å². The summed E-state index contributed by atoms with van der Waals surface area (Å²) in [5.74, 6) is -30.2. The fourth-order valence-electron chi connectivity index (χ4n) is 18.0. The third-order valence-corrected chi connectivity index (χ3v) is 26.2. The van der Waals surface area contributed by atoms with E-state index in [9.17, 15) is 132 Å². The molecule has 2 aromatic carbocycles. The molecule has 2 fully saturated rings. The lowest BCUT2D eigenvalue weighted by Crippen LogP contribution is -2.51. The largest absolute Gasteiger partial charge is 0.481 e. The van der Waals surface area contributed by atoms with E-state index in [1.807, 2.05) is 42.5 Å². The van der Waals surface area contributed by atoms with Gasteiger partial charge in [0, 0.05) is 192 Å². The number of nitrogens with zero attached hydrogens (tertiary/aromatic N) is 8. The van der Waals surface area contributed by atoms with Gasteiger partial charge in [0.15, 0.2) is 23.1 Å². The van der Waals surface area contributed by atoms with Crippen LogP contribution < -0.4 is 42.5 Å². The molecule has 1 saturated carbocycles. The maximum absolute atomic E-state index is 15.1. The predicted molar refractivity (Wildman–Crippen MR) is 523 cm³/mol. The van der Waals surface area contributed by atoms with Crippen molar-refractivity contribution in [2.24, 2.45) is 41.4 Å². The van der Waals surface area contributed by atoms with Crippen molar-refractivity contribution in [3.05, 3.63) is 121 Å². The predicted octanol–water partition coefficient (Wildman–Crippen LogP) is 0.276. The van der Waals surface area contributed by atoms with Crippen molar-refractivity contribution in [1.29, 1.82) is 0 Å². The molecule has 4 aromatic heterocycles. The van der Waals surface area contributed by atoms with Gasteiger partial charge in [-0.25, -0.2) is 34.3 Å². The van der Waals surface area contributed by atoms with Crippen LogP contribution in [0.3, 0.4) is 0 Å². The van der Waals surface area contributed by atoms with E-state index >= 15 is 19.2 Å². The van der Waals surface area contributed by atoms with Crippen molar-refractivity contribution in [3.8, 4) is 0 Å². The zero-order valence-corrected chi connectivity index (χ0v) is 82.7. The quantitative estimate of drug-likeness (QED) is 0.0228. The van der Waals surface area contributed by atoms with Gasteiger partial charge < -0.3 is 114 Å². The Bertz CT molecular complexity index is 5550. The molecule has 11 unspecified atom stereocenters. The van der Waals surface area contributed by atoms with Gasteiger partial charge in [0.2, 0.25) is 35.4 Å². The first-order valence-electron chi connectivity index (χ1n) is 49.4. The molecule has 0 spiro atoms. The van der Waals surface area contributed by atoms with E-state index < -0.39 is 319 Å². The normalized spacial score (nSPS) is 16.6. The highest BCUT2D eigenvalue weighted by Crippen LogP contribution is 2.33. The van der Waals surface area contributed by atoms with Crippen LogP contribution in [0.25, 0.3) is 10.8 Å². The average Bonchev–Trinajstić information content (AvgIpc) is 1.37. The van der Waals surface area contributed by atoms with Crippen molar-refractivity contribution in [3.63, 3.8) is 0 Å². The van der Waals surface area contributed by atoms with E-state index in [4.69, 9.17) is 5.11 Å². The minimum Gasteiger partial charge on any atom is -0.481 e. The van der Waals surface area contributed by atoms with Gasteiger partial charge in [-0.1, -0.05) is 42.5 Å². The molecule has 0 bridgehead atoms. The number of imidazole rings is 4. The fraction of sp³-hybridized carbons (Fsp3) is 0.551. The number of aromatic amines is 4. The van der Waals surface area contributed by atoms with Gasteiger partial charge in [0.1, 0.15) is 17.9 Å². The smallest absolute Gasteiger partial charge is 0.326 e. The molecule has 52 heteroatoms. The summed E-state index contributed by atoms with van der Waals surface area (Å²) in [5.41, 5.74) is 1.56. The zero-order chi connectivity index (χ0) is 109. The van der Waals surface area contributed by atoms with Crippen LogP contribution >= 0.6 is 0 Å². The Morgan fingerprint density at radius 2 is 0.653 bits per heavy atom. The average molecular weight is 2100 g/mol. The number of ketones is 5. The fourth-order valence-corrected chi connectivity index (χ4v) is 18.0. The Kier molecular flexibility index (Phi) is 49.5. The van der Waals surface area contributed by atoms with E-state index in [0.29, 0.717) is 31.4 Å². The summed E-state index contributed by atoms with van der Waals surface area (Å²) in [6.45, 7) is -1.70. The highest BCUT2D eigenvalue weighted by molar-refractivity contribution is 5.99. The highest BCUT2D eigenvalue weighted by atomic mass is 16.4. The number of rotatable bonds is 68. The first kappa shape index (κ1) is 120. The standard InChI is InChI=1S/C98H132N20O32/c119-77(39-62(34-58-10-11-59-5-1-2-6-61(59)33-58)91(141)103-24-4-3-7-75(96(146)147)113-98(150)114-76(97(148)149)18-23-87(133)134)60-12-8-57(9-13-60)44-104-92(142)63(35-67-45-99-53-105-67)40-79(121)72(15-20-84(127)128)110-94(144)65(37-69-47-101-55-107-69)42-81(123)74(17-22-86(131)132)112-95(145)66(38-70-48-102-56-108-70)43-80(122)73(16-21-85(129)130)111-93(143)64(36-68-46-100-54-106-68)41-78(120)71(14-19-83(125)126)109-82(124)49-115-25-27-116(50-88(135)136)29-31-118(52-90(139)140)32-30-117(28-26-115)51-89(137)138/h1-2,5-6,10-11,33,45-48,53-57,60,62-66,71-76H,3-4,7-9,12-32,34-44,49-52H2,(H,99,105)(H,100,106)(H,101,107)(H,102,108)(H,103,141)(H,104,142)(H,109,124)(H,110,144)(H,111,143)(H,112,145)(H,125,126)(H,127,128)(H,129,130)(H,131,132)(H,133,134)(H,135,136)(H,137,138)(H,139,140)(H,146,147)(H,148,149)(H2,113,114,150). The van der Waals surface area contributed by atoms with Gasteiger partial charge in [0.25, 0.3) is 0 Å². The van der Waals surface area contributed by atoms with Crippen molar-refractivity contribution in [1.82, 2.24) is 102 Å². The Labute approximate surface area is 859 Å². The van der Waals surface area contributed by atoms with Gasteiger partial charge in [0.05, 0.1) is 122 Å². The number of Topliss-reactive ketones (excluding diaryl/α,β-unsaturated/α-hetero) is 5. The first-order chi connectivity index (χ1) is 71.5. The molecule has 150 heavy (non-hydrogen) atoms. The molecule has 1 aliphatic carbocycles. The number of fused-ring (bicyclic) bond motifs is 1. The molecule has 5 heterocycles. The number of carbonyl (C=O) groups is 22. The number of urea groups is 1. The summed E-state index contributed by atoms with van der Waals surface area (Å²) in [6.07, 6.45) is 1.45.